The Morgan fingerprint density at radius 2 is 2.05 bits per heavy atom. The van der Waals surface area contributed by atoms with Gasteiger partial charge in [0.2, 0.25) is 5.91 Å². The molecule has 0 aliphatic heterocycles. The number of hydrogen-bond donors (Lipinski definition) is 3. The second-order valence-electron chi connectivity index (χ2n) is 3.62. The average molecular weight is 270 g/mol. The van der Waals surface area contributed by atoms with Gasteiger partial charge in [-0.2, -0.15) is 0 Å². The molecule has 0 aliphatic rings. The number of nitrogen functional groups attached to an aromatic ring is 1. The van der Waals surface area contributed by atoms with E-state index in [1.54, 1.807) is 0 Å². The van der Waals surface area contributed by atoms with Gasteiger partial charge in [0.25, 0.3) is 11.6 Å². The molecular formula is C10H11FN4O4. The standard InChI is InChI=1S/C10H11FN4O4/c11-6-4-8(15(18)19)5(3-7(6)12)10(17)14-2-1-9(13)16/h3-4H,1-2,12H2,(H2,13,16)(H,14,17). The van der Waals surface area contributed by atoms with Crippen molar-refractivity contribution >= 4 is 23.2 Å². The molecule has 102 valence electrons. The molecule has 9 heteroatoms. The van der Waals surface area contributed by atoms with Gasteiger partial charge in [0.1, 0.15) is 5.56 Å². The van der Waals surface area contributed by atoms with Crippen molar-refractivity contribution in [1.82, 2.24) is 5.32 Å². The van der Waals surface area contributed by atoms with Gasteiger partial charge in [0.15, 0.2) is 5.82 Å². The number of nitro benzene ring substituents is 1. The van der Waals surface area contributed by atoms with E-state index in [0.29, 0.717) is 6.07 Å². The van der Waals surface area contributed by atoms with Crippen LogP contribution in [0, 0.1) is 15.9 Å². The topological polar surface area (TPSA) is 141 Å². The zero-order valence-electron chi connectivity index (χ0n) is 9.68. The molecule has 0 saturated carbocycles. The Labute approximate surface area is 106 Å². The van der Waals surface area contributed by atoms with E-state index in [0.717, 1.165) is 6.07 Å². The first kappa shape index (κ1) is 14.4. The summed E-state index contributed by atoms with van der Waals surface area (Å²) in [6.07, 6.45) is -0.115. The first-order chi connectivity index (χ1) is 8.82. The summed E-state index contributed by atoms with van der Waals surface area (Å²) in [6, 6.07) is 1.44. The van der Waals surface area contributed by atoms with Crippen molar-refractivity contribution in [1.29, 1.82) is 0 Å². The Kier molecular flexibility index (Phi) is 4.35. The molecule has 0 aliphatic carbocycles. The van der Waals surface area contributed by atoms with Crippen LogP contribution in [0.15, 0.2) is 12.1 Å². The molecule has 19 heavy (non-hydrogen) atoms. The Morgan fingerprint density at radius 1 is 1.42 bits per heavy atom. The molecule has 0 spiro atoms. The van der Waals surface area contributed by atoms with Gasteiger partial charge in [-0.3, -0.25) is 19.7 Å². The molecule has 0 atom stereocenters. The lowest BCUT2D eigenvalue weighted by atomic mass is 10.1. The number of nitrogens with zero attached hydrogens (tertiary/aromatic N) is 1. The fourth-order valence-electron chi connectivity index (χ4n) is 1.31. The maximum absolute atomic E-state index is 13.1. The zero-order chi connectivity index (χ0) is 14.6. The van der Waals surface area contributed by atoms with Gasteiger partial charge in [-0.25, -0.2) is 4.39 Å². The Balaban J connectivity index is 2.98. The van der Waals surface area contributed by atoms with Crippen LogP contribution in [0.1, 0.15) is 16.8 Å². The van der Waals surface area contributed by atoms with Gasteiger partial charge in [-0.05, 0) is 6.07 Å². The molecule has 2 amide bonds. The molecule has 0 radical (unpaired) electrons. The molecule has 1 aromatic rings. The molecule has 0 unspecified atom stereocenters. The van der Waals surface area contributed by atoms with Gasteiger partial charge in [-0.1, -0.05) is 0 Å². The van der Waals surface area contributed by atoms with Gasteiger partial charge in [0, 0.05) is 13.0 Å². The number of benzene rings is 1. The van der Waals surface area contributed by atoms with Crippen LogP contribution in [0.25, 0.3) is 0 Å². The fourth-order valence-corrected chi connectivity index (χ4v) is 1.31. The Hall–Kier alpha value is -2.71. The van der Waals surface area contributed by atoms with Crippen molar-refractivity contribution in [3.05, 3.63) is 33.6 Å². The van der Waals surface area contributed by atoms with E-state index < -0.39 is 28.2 Å². The highest BCUT2D eigenvalue weighted by Gasteiger charge is 2.22. The second kappa shape index (κ2) is 5.76. The lowest BCUT2D eigenvalue weighted by molar-refractivity contribution is -0.385. The maximum Gasteiger partial charge on any atom is 0.285 e. The van der Waals surface area contributed by atoms with Crippen molar-refractivity contribution in [2.45, 2.75) is 6.42 Å². The second-order valence-corrected chi connectivity index (χ2v) is 3.62. The van der Waals surface area contributed by atoms with Crippen molar-refractivity contribution in [3.63, 3.8) is 0 Å². The molecule has 8 nitrogen and oxygen atoms in total. The summed E-state index contributed by atoms with van der Waals surface area (Å²) in [6.45, 7) is -0.0808. The fraction of sp³-hybridized carbons (Fsp3) is 0.200. The number of anilines is 1. The summed E-state index contributed by atoms with van der Waals surface area (Å²) in [4.78, 5) is 32.0. The number of carbonyl (C=O) groups excluding carboxylic acids is 2. The van der Waals surface area contributed by atoms with Crippen LogP contribution in [-0.2, 0) is 4.79 Å². The largest absolute Gasteiger partial charge is 0.396 e. The quantitative estimate of drug-likeness (QED) is 0.389. The Bertz CT molecular complexity index is 547. The smallest absolute Gasteiger partial charge is 0.285 e. The minimum absolute atomic E-state index is 0.0808. The lowest BCUT2D eigenvalue weighted by Gasteiger charge is -2.06. The van der Waals surface area contributed by atoms with Crippen LogP contribution in [0.2, 0.25) is 0 Å². The van der Waals surface area contributed by atoms with Crippen LogP contribution in [0.4, 0.5) is 15.8 Å². The number of carbonyl (C=O) groups is 2. The number of nitrogens with one attached hydrogen (secondary N) is 1. The summed E-state index contributed by atoms with van der Waals surface area (Å²) in [5.74, 6) is -2.45. The molecule has 1 aromatic carbocycles. The molecule has 0 saturated heterocycles. The molecule has 0 aromatic heterocycles. The van der Waals surface area contributed by atoms with E-state index in [9.17, 15) is 24.1 Å². The number of primary amides is 1. The van der Waals surface area contributed by atoms with E-state index in [-0.39, 0.29) is 24.2 Å². The van der Waals surface area contributed by atoms with E-state index in [2.05, 4.69) is 5.32 Å². The number of amides is 2. The average Bonchev–Trinajstić information content (AvgIpc) is 2.31. The Morgan fingerprint density at radius 3 is 2.58 bits per heavy atom. The molecule has 5 N–H and O–H groups in total. The van der Waals surface area contributed by atoms with Crippen molar-refractivity contribution in [2.75, 3.05) is 12.3 Å². The number of hydrogen-bond acceptors (Lipinski definition) is 5. The SMILES string of the molecule is NC(=O)CCNC(=O)c1cc(N)c(F)cc1[N+](=O)[O-]. The van der Waals surface area contributed by atoms with Gasteiger partial charge < -0.3 is 16.8 Å². The maximum atomic E-state index is 13.1. The van der Waals surface area contributed by atoms with Crippen molar-refractivity contribution in [2.24, 2.45) is 5.73 Å². The summed E-state index contributed by atoms with van der Waals surface area (Å²) >= 11 is 0. The van der Waals surface area contributed by atoms with E-state index in [1.165, 1.54) is 0 Å². The predicted octanol–water partition coefficient (Wildman–Crippen LogP) is -0.0787. The van der Waals surface area contributed by atoms with Crippen LogP contribution >= 0.6 is 0 Å². The van der Waals surface area contributed by atoms with E-state index in [1.807, 2.05) is 0 Å². The summed E-state index contributed by atoms with van der Waals surface area (Å²) in [7, 11) is 0. The zero-order valence-corrected chi connectivity index (χ0v) is 9.68. The van der Waals surface area contributed by atoms with Crippen molar-refractivity contribution < 1.29 is 18.9 Å². The number of nitro groups is 1. The summed E-state index contributed by atoms with van der Waals surface area (Å²) in [5.41, 5.74) is 8.65. The molecule has 0 heterocycles. The van der Waals surface area contributed by atoms with Crippen molar-refractivity contribution in [3.8, 4) is 0 Å². The van der Waals surface area contributed by atoms with Crippen LogP contribution in [0.3, 0.4) is 0 Å². The first-order valence-corrected chi connectivity index (χ1v) is 5.13. The van der Waals surface area contributed by atoms with Crippen LogP contribution in [0.5, 0.6) is 0 Å². The lowest BCUT2D eigenvalue weighted by Crippen LogP contribution is -2.28. The van der Waals surface area contributed by atoms with Gasteiger partial charge >= 0.3 is 0 Å². The molecular weight excluding hydrogens is 259 g/mol. The van der Waals surface area contributed by atoms with Gasteiger partial charge in [0.05, 0.1) is 16.7 Å². The highest BCUT2D eigenvalue weighted by atomic mass is 19.1. The molecule has 1 rings (SSSR count). The van der Waals surface area contributed by atoms with Crippen LogP contribution < -0.4 is 16.8 Å². The summed E-state index contributed by atoms with van der Waals surface area (Å²) in [5, 5.41) is 13.0. The molecule has 0 bridgehead atoms. The third kappa shape index (κ3) is 3.63. The van der Waals surface area contributed by atoms with Crippen LogP contribution in [-0.4, -0.2) is 23.3 Å². The number of halogens is 1. The summed E-state index contributed by atoms with van der Waals surface area (Å²) < 4.78 is 13.1. The highest BCUT2D eigenvalue weighted by Crippen LogP contribution is 2.24. The monoisotopic (exact) mass is 270 g/mol. The van der Waals surface area contributed by atoms with Gasteiger partial charge in [-0.15, -0.1) is 0 Å². The normalized spacial score (nSPS) is 9.95. The minimum Gasteiger partial charge on any atom is -0.396 e. The first-order valence-electron chi connectivity index (χ1n) is 5.13. The van der Waals surface area contributed by atoms with E-state index >= 15 is 0 Å². The molecule has 0 fully saturated rings. The highest BCUT2D eigenvalue weighted by molar-refractivity contribution is 5.99. The number of rotatable bonds is 5. The third-order valence-electron chi connectivity index (χ3n) is 2.21. The third-order valence-corrected chi connectivity index (χ3v) is 2.21. The number of nitrogens with two attached hydrogens (primary N) is 2. The van der Waals surface area contributed by atoms with E-state index in [4.69, 9.17) is 11.5 Å². The minimum atomic E-state index is -0.986. The predicted molar refractivity (Wildman–Crippen MR) is 63.6 cm³/mol.